The number of sulfonamides is 1. The fourth-order valence-corrected chi connectivity index (χ4v) is 5.82. The van der Waals surface area contributed by atoms with E-state index in [1.807, 2.05) is 36.4 Å². The number of para-hydroxylation sites is 2. The second-order valence-corrected chi connectivity index (χ2v) is 10.1. The minimum Gasteiger partial charge on any atom is -0.363 e. The van der Waals surface area contributed by atoms with Crippen LogP contribution in [0.3, 0.4) is 0 Å². The molecule has 0 unspecified atom stereocenters. The highest BCUT2D eigenvalue weighted by Crippen LogP contribution is 2.28. The first-order valence-electron chi connectivity index (χ1n) is 11.0. The van der Waals surface area contributed by atoms with Gasteiger partial charge in [0.05, 0.1) is 15.9 Å². The third kappa shape index (κ3) is 4.09. The standard InChI is InChI=1S/C23H27N5O2S/c29-31(30,28-15-5-6-16-28)19-11-9-18(10-12-19)17-24-22-23(27-13-3-4-14-27)26-21-8-2-1-7-20(21)25-22/h1-2,7-12H,3-6,13-17H2,(H,24,25). The fraction of sp³-hybridized carbons (Fsp3) is 0.391. The largest absolute Gasteiger partial charge is 0.363 e. The van der Waals surface area contributed by atoms with E-state index >= 15 is 0 Å². The van der Waals surface area contributed by atoms with Crippen LogP contribution in [0.1, 0.15) is 31.2 Å². The van der Waals surface area contributed by atoms with Gasteiger partial charge in [0, 0.05) is 32.7 Å². The van der Waals surface area contributed by atoms with E-state index in [4.69, 9.17) is 9.97 Å². The summed E-state index contributed by atoms with van der Waals surface area (Å²) in [6, 6.07) is 15.1. The Morgan fingerprint density at radius 3 is 2.10 bits per heavy atom. The number of rotatable bonds is 6. The summed E-state index contributed by atoms with van der Waals surface area (Å²) in [5.74, 6) is 1.67. The van der Waals surface area contributed by atoms with E-state index in [0.717, 1.165) is 54.2 Å². The van der Waals surface area contributed by atoms with Gasteiger partial charge < -0.3 is 10.2 Å². The van der Waals surface area contributed by atoms with Crippen molar-refractivity contribution in [1.82, 2.24) is 14.3 Å². The first-order valence-corrected chi connectivity index (χ1v) is 12.4. The van der Waals surface area contributed by atoms with Crippen molar-refractivity contribution in [2.75, 3.05) is 36.4 Å². The molecule has 2 aliphatic rings. The summed E-state index contributed by atoms with van der Waals surface area (Å²) in [7, 11) is -3.38. The molecule has 0 saturated carbocycles. The van der Waals surface area contributed by atoms with Crippen LogP contribution in [0.15, 0.2) is 53.4 Å². The molecule has 1 N–H and O–H groups in total. The maximum absolute atomic E-state index is 12.7. The number of nitrogens with one attached hydrogen (secondary N) is 1. The third-order valence-electron chi connectivity index (χ3n) is 6.04. The molecule has 2 saturated heterocycles. The molecule has 0 radical (unpaired) electrons. The van der Waals surface area contributed by atoms with E-state index in [0.29, 0.717) is 24.5 Å². The summed E-state index contributed by atoms with van der Waals surface area (Å²) in [6.45, 7) is 3.77. The third-order valence-corrected chi connectivity index (χ3v) is 7.96. The van der Waals surface area contributed by atoms with Gasteiger partial charge in [-0.25, -0.2) is 18.4 Å². The average molecular weight is 438 g/mol. The Bertz CT molecular complexity index is 1170. The first-order chi connectivity index (χ1) is 15.1. The minimum absolute atomic E-state index is 0.362. The van der Waals surface area contributed by atoms with Crippen LogP contribution in [0.4, 0.5) is 11.6 Å². The van der Waals surface area contributed by atoms with Crippen molar-refractivity contribution >= 4 is 32.7 Å². The number of hydrogen-bond donors (Lipinski definition) is 1. The van der Waals surface area contributed by atoms with E-state index < -0.39 is 10.0 Å². The van der Waals surface area contributed by atoms with E-state index in [1.54, 1.807) is 16.4 Å². The lowest BCUT2D eigenvalue weighted by molar-refractivity contribution is 0.477. The molecule has 2 aliphatic heterocycles. The Hall–Kier alpha value is -2.71. The molecule has 3 aromatic rings. The molecule has 0 atom stereocenters. The van der Waals surface area contributed by atoms with Crippen LogP contribution in [0.2, 0.25) is 0 Å². The molecule has 0 bridgehead atoms. The molecule has 3 heterocycles. The second kappa shape index (κ2) is 8.43. The van der Waals surface area contributed by atoms with Crippen LogP contribution < -0.4 is 10.2 Å². The van der Waals surface area contributed by atoms with Crippen LogP contribution in [-0.2, 0) is 16.6 Å². The molecule has 5 rings (SSSR count). The summed E-state index contributed by atoms with van der Waals surface area (Å²) >= 11 is 0. The van der Waals surface area contributed by atoms with Crippen molar-refractivity contribution in [1.29, 1.82) is 0 Å². The van der Waals surface area contributed by atoms with Crippen molar-refractivity contribution in [3.8, 4) is 0 Å². The van der Waals surface area contributed by atoms with Crippen LogP contribution in [0.5, 0.6) is 0 Å². The van der Waals surface area contributed by atoms with Gasteiger partial charge in [0.2, 0.25) is 10.0 Å². The van der Waals surface area contributed by atoms with Gasteiger partial charge in [-0.15, -0.1) is 0 Å². The molecule has 2 aromatic carbocycles. The Morgan fingerprint density at radius 1 is 0.806 bits per heavy atom. The SMILES string of the molecule is O=S(=O)(c1ccc(CNc2nc3ccccc3nc2N2CCCC2)cc1)N1CCCC1. The van der Waals surface area contributed by atoms with Gasteiger partial charge in [-0.05, 0) is 55.5 Å². The molecule has 31 heavy (non-hydrogen) atoms. The van der Waals surface area contributed by atoms with Gasteiger partial charge in [0.25, 0.3) is 0 Å². The molecule has 0 spiro atoms. The highest BCUT2D eigenvalue weighted by atomic mass is 32.2. The first kappa shape index (κ1) is 20.2. The maximum atomic E-state index is 12.7. The molecule has 0 aliphatic carbocycles. The van der Waals surface area contributed by atoms with Crippen molar-refractivity contribution < 1.29 is 8.42 Å². The fourth-order valence-electron chi connectivity index (χ4n) is 4.30. The van der Waals surface area contributed by atoms with Crippen LogP contribution in [0.25, 0.3) is 11.0 Å². The van der Waals surface area contributed by atoms with Gasteiger partial charge in [-0.1, -0.05) is 24.3 Å². The van der Waals surface area contributed by atoms with Gasteiger partial charge in [0.1, 0.15) is 0 Å². The monoisotopic (exact) mass is 437 g/mol. The smallest absolute Gasteiger partial charge is 0.243 e. The summed E-state index contributed by atoms with van der Waals surface area (Å²) in [5, 5.41) is 3.44. The second-order valence-electron chi connectivity index (χ2n) is 8.19. The van der Waals surface area contributed by atoms with E-state index in [9.17, 15) is 8.42 Å². The molecular weight excluding hydrogens is 410 g/mol. The zero-order chi connectivity index (χ0) is 21.3. The van der Waals surface area contributed by atoms with E-state index in [2.05, 4.69) is 10.2 Å². The Kier molecular flexibility index (Phi) is 5.50. The van der Waals surface area contributed by atoms with Crippen molar-refractivity contribution in [2.45, 2.75) is 37.1 Å². The maximum Gasteiger partial charge on any atom is 0.243 e. The molecule has 162 valence electrons. The number of hydrogen-bond acceptors (Lipinski definition) is 6. The zero-order valence-electron chi connectivity index (χ0n) is 17.5. The lowest BCUT2D eigenvalue weighted by atomic mass is 10.2. The predicted molar refractivity (Wildman–Crippen MR) is 123 cm³/mol. The normalized spacial score (nSPS) is 17.5. The molecule has 7 nitrogen and oxygen atoms in total. The number of aromatic nitrogens is 2. The Balaban J connectivity index is 1.36. The summed E-state index contributed by atoms with van der Waals surface area (Å²) in [4.78, 5) is 12.3. The molecular formula is C23H27N5O2S. The number of anilines is 2. The van der Waals surface area contributed by atoms with E-state index in [1.165, 1.54) is 12.8 Å². The summed E-state index contributed by atoms with van der Waals surface area (Å²) in [6.07, 6.45) is 4.21. The van der Waals surface area contributed by atoms with Crippen LogP contribution in [-0.4, -0.2) is 48.9 Å². The van der Waals surface area contributed by atoms with Crippen molar-refractivity contribution in [3.05, 3.63) is 54.1 Å². The van der Waals surface area contributed by atoms with Crippen molar-refractivity contribution in [2.24, 2.45) is 0 Å². The topological polar surface area (TPSA) is 78.4 Å². The number of fused-ring (bicyclic) bond motifs is 1. The van der Waals surface area contributed by atoms with Crippen molar-refractivity contribution in [3.63, 3.8) is 0 Å². The van der Waals surface area contributed by atoms with Gasteiger partial charge in [-0.3, -0.25) is 0 Å². The highest BCUT2D eigenvalue weighted by molar-refractivity contribution is 7.89. The quantitative estimate of drug-likeness (QED) is 0.635. The summed E-state index contributed by atoms with van der Waals surface area (Å²) < 4.78 is 27.0. The lowest BCUT2D eigenvalue weighted by Gasteiger charge is -2.20. The predicted octanol–water partition coefficient (Wildman–Crippen LogP) is 3.63. The number of nitrogens with zero attached hydrogens (tertiary/aromatic N) is 4. The van der Waals surface area contributed by atoms with E-state index in [-0.39, 0.29) is 0 Å². The van der Waals surface area contributed by atoms with Crippen LogP contribution >= 0.6 is 0 Å². The van der Waals surface area contributed by atoms with Crippen LogP contribution in [0, 0.1) is 0 Å². The average Bonchev–Trinajstić information content (AvgIpc) is 3.52. The molecule has 2 fully saturated rings. The zero-order valence-corrected chi connectivity index (χ0v) is 18.3. The molecule has 1 aromatic heterocycles. The van der Waals surface area contributed by atoms with Gasteiger partial charge >= 0.3 is 0 Å². The molecule has 0 amide bonds. The summed E-state index contributed by atoms with van der Waals surface area (Å²) in [5.41, 5.74) is 2.76. The van der Waals surface area contributed by atoms with Gasteiger partial charge in [0.15, 0.2) is 11.6 Å². The minimum atomic E-state index is -3.38. The Morgan fingerprint density at radius 2 is 1.42 bits per heavy atom. The lowest BCUT2D eigenvalue weighted by Crippen LogP contribution is -2.27. The van der Waals surface area contributed by atoms with Gasteiger partial charge in [-0.2, -0.15) is 4.31 Å². The Labute approximate surface area is 183 Å². The molecule has 8 heteroatoms. The highest BCUT2D eigenvalue weighted by Gasteiger charge is 2.27. The number of benzene rings is 2.